The number of primary amides is 1. The molecule has 0 radical (unpaired) electrons. The van der Waals surface area contributed by atoms with E-state index >= 15 is 0 Å². The summed E-state index contributed by atoms with van der Waals surface area (Å²) < 4.78 is 17.7. The number of para-hydroxylation sites is 1. The maximum absolute atomic E-state index is 12.4. The average molecular weight is 438 g/mol. The van der Waals surface area contributed by atoms with Gasteiger partial charge in [0.1, 0.15) is 5.60 Å². The second-order valence-electron chi connectivity index (χ2n) is 9.93. The van der Waals surface area contributed by atoms with E-state index in [2.05, 4.69) is 5.32 Å². The summed E-state index contributed by atoms with van der Waals surface area (Å²) in [7, 11) is -0.605. The third-order valence-corrected chi connectivity index (χ3v) is 5.69. The Kier molecular flexibility index (Phi) is 6.15. The van der Waals surface area contributed by atoms with E-state index < -0.39 is 35.9 Å². The smallest absolute Gasteiger partial charge is 0.444 e. The number of anilines is 1. The van der Waals surface area contributed by atoms with Crippen LogP contribution in [0.2, 0.25) is 0 Å². The molecule has 2 aromatic rings. The van der Waals surface area contributed by atoms with Gasteiger partial charge in [-0.15, -0.1) is 0 Å². The molecule has 0 spiro atoms. The Morgan fingerprint density at radius 3 is 2.12 bits per heavy atom. The summed E-state index contributed by atoms with van der Waals surface area (Å²) >= 11 is 0. The van der Waals surface area contributed by atoms with Gasteiger partial charge in [-0.3, -0.25) is 10.1 Å². The first-order chi connectivity index (χ1) is 14.7. The van der Waals surface area contributed by atoms with E-state index in [0.29, 0.717) is 22.4 Å². The molecule has 0 unspecified atom stereocenters. The minimum atomic E-state index is -0.645. The lowest BCUT2D eigenvalue weighted by molar-refractivity contribution is 0.00578. The third kappa shape index (κ3) is 4.97. The lowest BCUT2D eigenvalue weighted by atomic mass is 9.77. The molecule has 0 aromatic heterocycles. The summed E-state index contributed by atoms with van der Waals surface area (Å²) in [5, 5.41) is 2.77. The van der Waals surface area contributed by atoms with Crippen LogP contribution in [-0.4, -0.2) is 35.9 Å². The van der Waals surface area contributed by atoms with Crippen LogP contribution >= 0.6 is 0 Å². The van der Waals surface area contributed by atoms with Crippen LogP contribution in [0.15, 0.2) is 42.5 Å². The molecule has 0 bridgehead atoms. The van der Waals surface area contributed by atoms with E-state index in [1.165, 1.54) is 0 Å². The summed E-state index contributed by atoms with van der Waals surface area (Å²) in [4.78, 5) is 24.6. The Bertz CT molecular complexity index is 1030. The number of benzene rings is 2. The maximum Gasteiger partial charge on any atom is 0.494 e. The van der Waals surface area contributed by atoms with Gasteiger partial charge in [0.05, 0.1) is 16.9 Å². The van der Waals surface area contributed by atoms with Crippen molar-refractivity contribution in [2.45, 2.75) is 65.3 Å². The zero-order valence-electron chi connectivity index (χ0n) is 19.7. The molecule has 1 heterocycles. The van der Waals surface area contributed by atoms with Gasteiger partial charge < -0.3 is 19.8 Å². The van der Waals surface area contributed by atoms with Gasteiger partial charge in [-0.2, -0.15) is 0 Å². The Morgan fingerprint density at radius 2 is 1.56 bits per heavy atom. The molecule has 3 rings (SSSR count). The van der Waals surface area contributed by atoms with Gasteiger partial charge in [0, 0.05) is 11.1 Å². The molecule has 0 saturated carbocycles. The summed E-state index contributed by atoms with van der Waals surface area (Å²) in [6.07, 6.45) is -0.590. The maximum atomic E-state index is 12.4. The summed E-state index contributed by atoms with van der Waals surface area (Å²) in [6.45, 7) is 13.3. The third-order valence-electron chi connectivity index (χ3n) is 5.69. The van der Waals surface area contributed by atoms with Crippen molar-refractivity contribution in [3.8, 4) is 11.1 Å². The van der Waals surface area contributed by atoms with E-state index in [1.54, 1.807) is 45.0 Å². The van der Waals surface area contributed by atoms with Gasteiger partial charge in [0.15, 0.2) is 0 Å². The number of nitrogens with one attached hydrogen (secondary N) is 1. The van der Waals surface area contributed by atoms with E-state index in [-0.39, 0.29) is 0 Å². The summed E-state index contributed by atoms with van der Waals surface area (Å²) in [5.74, 6) is -0.576. The minimum absolute atomic E-state index is 0.323. The van der Waals surface area contributed by atoms with Crippen molar-refractivity contribution < 1.29 is 23.6 Å². The molecule has 32 heavy (non-hydrogen) atoms. The number of rotatable bonds is 4. The van der Waals surface area contributed by atoms with E-state index in [0.717, 1.165) is 5.46 Å². The molecule has 3 N–H and O–H groups in total. The lowest BCUT2D eigenvalue weighted by Gasteiger charge is -2.32. The predicted octanol–water partition coefficient (Wildman–Crippen LogP) is 4.10. The number of carbonyl (C=O) groups excluding carboxylic acids is 2. The molecule has 1 aliphatic heterocycles. The predicted molar refractivity (Wildman–Crippen MR) is 126 cm³/mol. The molecule has 170 valence electrons. The topological polar surface area (TPSA) is 99.9 Å². The first-order valence-electron chi connectivity index (χ1n) is 10.6. The molecule has 1 aliphatic rings. The summed E-state index contributed by atoms with van der Waals surface area (Å²) in [6, 6.07) is 12.4. The molecular weight excluding hydrogens is 407 g/mol. The number of hydrogen-bond donors (Lipinski definition) is 2. The first kappa shape index (κ1) is 23.8. The van der Waals surface area contributed by atoms with E-state index in [4.69, 9.17) is 19.8 Å². The van der Waals surface area contributed by atoms with Crippen LogP contribution in [0.1, 0.15) is 58.8 Å². The lowest BCUT2D eigenvalue weighted by Crippen LogP contribution is -2.41. The van der Waals surface area contributed by atoms with Crippen molar-refractivity contribution in [1.29, 1.82) is 0 Å². The molecule has 7 nitrogen and oxygen atoms in total. The zero-order valence-corrected chi connectivity index (χ0v) is 19.7. The molecule has 0 aliphatic carbocycles. The van der Waals surface area contributed by atoms with Gasteiger partial charge in [0.2, 0.25) is 5.91 Å². The normalized spacial score (nSPS) is 17.2. The average Bonchev–Trinajstić information content (AvgIpc) is 2.87. The zero-order chi connectivity index (χ0) is 23.9. The van der Waals surface area contributed by atoms with Gasteiger partial charge in [-0.05, 0) is 71.6 Å². The fourth-order valence-electron chi connectivity index (χ4n) is 3.37. The highest BCUT2D eigenvalue weighted by atomic mass is 16.7. The molecule has 1 saturated heterocycles. The largest absolute Gasteiger partial charge is 0.494 e. The monoisotopic (exact) mass is 438 g/mol. The van der Waals surface area contributed by atoms with Gasteiger partial charge in [-0.1, -0.05) is 30.3 Å². The molecule has 8 heteroatoms. The molecule has 1 fully saturated rings. The van der Waals surface area contributed by atoms with Crippen LogP contribution < -0.4 is 16.5 Å². The molecular formula is C24H31BN2O5. The van der Waals surface area contributed by atoms with E-state index in [9.17, 15) is 9.59 Å². The number of amides is 2. The van der Waals surface area contributed by atoms with Crippen LogP contribution in [0.4, 0.5) is 10.5 Å². The highest BCUT2D eigenvalue weighted by Crippen LogP contribution is 2.37. The van der Waals surface area contributed by atoms with Gasteiger partial charge >= 0.3 is 13.2 Å². The summed E-state index contributed by atoms with van der Waals surface area (Å²) in [5.41, 5.74) is 6.77. The van der Waals surface area contributed by atoms with Crippen LogP contribution in [0.5, 0.6) is 0 Å². The first-order valence-corrected chi connectivity index (χ1v) is 10.6. The van der Waals surface area contributed by atoms with Gasteiger partial charge in [-0.25, -0.2) is 4.79 Å². The number of hydrogen-bond acceptors (Lipinski definition) is 5. The Morgan fingerprint density at radius 1 is 0.969 bits per heavy atom. The Hall–Kier alpha value is -2.84. The SMILES string of the molecule is CC(C)(C)OC(=O)Nc1ccccc1-c1cc(B2OC(C)(C)C(C)(C)O2)ccc1C(N)=O. The molecule has 0 atom stereocenters. The Balaban J connectivity index is 2.04. The van der Waals surface area contributed by atoms with Crippen LogP contribution in [0.25, 0.3) is 11.1 Å². The van der Waals surface area contributed by atoms with Crippen molar-refractivity contribution >= 4 is 30.3 Å². The van der Waals surface area contributed by atoms with Crippen molar-refractivity contribution in [2.24, 2.45) is 5.73 Å². The molecule has 2 amide bonds. The van der Waals surface area contributed by atoms with Crippen molar-refractivity contribution in [3.05, 3.63) is 48.0 Å². The number of carbonyl (C=O) groups is 2. The highest BCUT2D eigenvalue weighted by molar-refractivity contribution is 6.62. The number of nitrogens with two attached hydrogens (primary N) is 1. The quantitative estimate of drug-likeness (QED) is 0.701. The Labute approximate surface area is 189 Å². The second kappa shape index (κ2) is 8.26. The van der Waals surface area contributed by atoms with Crippen molar-refractivity contribution in [3.63, 3.8) is 0 Å². The second-order valence-corrected chi connectivity index (χ2v) is 9.93. The van der Waals surface area contributed by atoms with E-state index in [1.807, 2.05) is 45.9 Å². The van der Waals surface area contributed by atoms with Gasteiger partial charge in [0.25, 0.3) is 0 Å². The number of ether oxygens (including phenoxy) is 1. The van der Waals surface area contributed by atoms with Crippen molar-refractivity contribution in [2.75, 3.05) is 5.32 Å². The van der Waals surface area contributed by atoms with Crippen LogP contribution in [0, 0.1) is 0 Å². The highest BCUT2D eigenvalue weighted by Gasteiger charge is 2.51. The fraction of sp³-hybridized carbons (Fsp3) is 0.417. The minimum Gasteiger partial charge on any atom is -0.444 e. The molecule has 2 aromatic carbocycles. The van der Waals surface area contributed by atoms with Crippen LogP contribution in [0.3, 0.4) is 0 Å². The standard InChI is InChI=1S/C24H31BN2O5/c1-22(2,3)30-21(29)27-19-11-9-8-10-16(19)18-14-15(12-13-17(18)20(26)28)25-31-23(4,5)24(6,7)32-25/h8-14H,1-7H3,(H2,26,28)(H,27,29). The fourth-order valence-corrected chi connectivity index (χ4v) is 3.37. The van der Waals surface area contributed by atoms with Crippen LogP contribution in [-0.2, 0) is 14.0 Å². The van der Waals surface area contributed by atoms with Crippen molar-refractivity contribution in [1.82, 2.24) is 0 Å².